The molecule has 8 heteroatoms. The predicted octanol–water partition coefficient (Wildman–Crippen LogP) is 4.15. The van der Waals surface area contributed by atoms with Crippen LogP contribution in [0.3, 0.4) is 0 Å². The molecule has 144 valence electrons. The Morgan fingerprint density at radius 1 is 1.48 bits per heavy atom. The number of carbonyl (C=O) groups is 1. The number of aromatic nitrogens is 1. The molecule has 6 nitrogen and oxygen atoms in total. The Bertz CT molecular complexity index is 842. The smallest absolute Gasteiger partial charge is 0.272 e. The van der Waals surface area contributed by atoms with E-state index in [1.165, 1.54) is 18.0 Å². The van der Waals surface area contributed by atoms with E-state index in [-0.39, 0.29) is 5.91 Å². The number of fused-ring (bicyclic) bond motifs is 1. The lowest BCUT2D eigenvalue weighted by atomic mass is 10.1. The van der Waals surface area contributed by atoms with Crippen LogP contribution in [0.1, 0.15) is 13.8 Å². The molecule has 0 bridgehead atoms. The number of hydrogen-bond acceptors (Lipinski definition) is 6. The Morgan fingerprint density at radius 3 is 2.96 bits per heavy atom. The molecule has 0 saturated carbocycles. The number of amides is 1. The van der Waals surface area contributed by atoms with Crippen LogP contribution < -0.4 is 10.1 Å². The minimum atomic E-state index is -0.704. The van der Waals surface area contributed by atoms with Crippen molar-refractivity contribution in [2.45, 2.75) is 24.8 Å². The maximum atomic E-state index is 12.6. The molecule has 2 rings (SSSR count). The van der Waals surface area contributed by atoms with Gasteiger partial charge in [0.15, 0.2) is 0 Å². The molecule has 27 heavy (non-hydrogen) atoms. The number of oxime groups is 1. The number of benzene rings is 1. The van der Waals surface area contributed by atoms with Gasteiger partial charge in [0.2, 0.25) is 5.44 Å². The van der Waals surface area contributed by atoms with Gasteiger partial charge in [-0.1, -0.05) is 17.8 Å². The lowest BCUT2D eigenvalue weighted by Crippen LogP contribution is -2.49. The summed E-state index contributed by atoms with van der Waals surface area (Å²) in [6.07, 6.45) is 6.68. The van der Waals surface area contributed by atoms with Crippen LogP contribution >= 0.6 is 27.7 Å². The molecule has 1 aromatic carbocycles. The maximum absolute atomic E-state index is 12.6. The van der Waals surface area contributed by atoms with Crippen LogP contribution in [0.25, 0.3) is 10.9 Å². The van der Waals surface area contributed by atoms with E-state index in [0.717, 1.165) is 15.4 Å². The van der Waals surface area contributed by atoms with Gasteiger partial charge in [-0.3, -0.25) is 9.78 Å². The van der Waals surface area contributed by atoms with Crippen LogP contribution in [-0.4, -0.2) is 40.9 Å². The standard InChI is InChI=1S/C19H22BrN3O3S/c1-5-8-25-22-12-19(2,3)23-17(24)18(27-4)26-15-6-7-16-13(10-15)9-14(20)11-21-16/h5-7,9-12,18H,1,8H2,2-4H3,(H,23,24). The van der Waals surface area contributed by atoms with Crippen LogP contribution in [0.15, 0.2) is 52.7 Å². The number of ether oxygens (including phenoxy) is 1. The summed E-state index contributed by atoms with van der Waals surface area (Å²) < 4.78 is 6.76. The number of pyridine rings is 1. The van der Waals surface area contributed by atoms with Crippen LogP contribution in [-0.2, 0) is 9.63 Å². The van der Waals surface area contributed by atoms with Crippen molar-refractivity contribution in [3.05, 3.63) is 47.6 Å². The maximum Gasteiger partial charge on any atom is 0.272 e. The van der Waals surface area contributed by atoms with Crippen molar-refractivity contribution in [2.75, 3.05) is 12.9 Å². The molecule has 1 unspecified atom stereocenters. The molecule has 1 N–H and O–H groups in total. The van der Waals surface area contributed by atoms with Crippen molar-refractivity contribution in [1.29, 1.82) is 0 Å². The molecule has 0 aliphatic heterocycles. The van der Waals surface area contributed by atoms with Gasteiger partial charge in [-0.2, -0.15) is 0 Å². The van der Waals surface area contributed by atoms with Crippen molar-refractivity contribution in [3.8, 4) is 5.75 Å². The van der Waals surface area contributed by atoms with E-state index >= 15 is 0 Å². The molecule has 0 spiro atoms. The summed E-state index contributed by atoms with van der Waals surface area (Å²) in [4.78, 5) is 21.9. The van der Waals surface area contributed by atoms with E-state index in [1.54, 1.807) is 18.3 Å². The van der Waals surface area contributed by atoms with Crippen LogP contribution in [0.5, 0.6) is 5.75 Å². The minimum absolute atomic E-state index is 0.255. The summed E-state index contributed by atoms with van der Waals surface area (Å²) in [7, 11) is 0. The van der Waals surface area contributed by atoms with E-state index in [4.69, 9.17) is 9.57 Å². The Kier molecular flexibility index (Phi) is 7.67. The summed E-state index contributed by atoms with van der Waals surface area (Å²) in [5.41, 5.74) is -0.537. The van der Waals surface area contributed by atoms with Crippen molar-refractivity contribution in [3.63, 3.8) is 0 Å². The fourth-order valence-electron chi connectivity index (χ4n) is 2.16. The molecule has 1 aromatic heterocycles. The highest BCUT2D eigenvalue weighted by Crippen LogP contribution is 2.24. The molecule has 0 radical (unpaired) electrons. The van der Waals surface area contributed by atoms with Crippen molar-refractivity contribution >= 4 is 50.7 Å². The predicted molar refractivity (Wildman–Crippen MR) is 114 cm³/mol. The van der Waals surface area contributed by atoms with Gasteiger partial charge in [0.1, 0.15) is 12.4 Å². The highest BCUT2D eigenvalue weighted by molar-refractivity contribution is 9.10. The summed E-state index contributed by atoms with van der Waals surface area (Å²) in [5, 5.41) is 7.64. The lowest BCUT2D eigenvalue weighted by molar-refractivity contribution is -0.125. The number of nitrogens with one attached hydrogen (secondary N) is 1. The highest BCUT2D eigenvalue weighted by Gasteiger charge is 2.26. The van der Waals surface area contributed by atoms with E-state index in [0.29, 0.717) is 12.4 Å². The van der Waals surface area contributed by atoms with Crippen molar-refractivity contribution in [2.24, 2.45) is 5.16 Å². The monoisotopic (exact) mass is 451 g/mol. The first-order valence-corrected chi connectivity index (χ1v) is 10.3. The van der Waals surface area contributed by atoms with Gasteiger partial charge in [0.05, 0.1) is 17.3 Å². The topological polar surface area (TPSA) is 72.8 Å². The van der Waals surface area contributed by atoms with E-state index in [2.05, 4.69) is 38.0 Å². The zero-order valence-electron chi connectivity index (χ0n) is 15.4. The molecule has 0 fully saturated rings. The van der Waals surface area contributed by atoms with Gasteiger partial charge < -0.3 is 14.9 Å². The van der Waals surface area contributed by atoms with Crippen LogP contribution in [0, 0.1) is 0 Å². The van der Waals surface area contributed by atoms with Crippen molar-refractivity contribution < 1.29 is 14.4 Å². The third-order valence-corrected chi connectivity index (χ3v) is 4.55. The quantitative estimate of drug-likeness (QED) is 0.204. The largest absolute Gasteiger partial charge is 0.470 e. The Balaban J connectivity index is 2.06. The zero-order valence-corrected chi connectivity index (χ0v) is 17.8. The van der Waals surface area contributed by atoms with Crippen molar-refractivity contribution in [1.82, 2.24) is 10.3 Å². The van der Waals surface area contributed by atoms with Gasteiger partial charge in [-0.25, -0.2) is 0 Å². The van der Waals surface area contributed by atoms with Crippen LogP contribution in [0.4, 0.5) is 0 Å². The number of halogens is 1. The highest BCUT2D eigenvalue weighted by atomic mass is 79.9. The second-order valence-corrected chi connectivity index (χ2v) is 8.04. The average Bonchev–Trinajstić information content (AvgIpc) is 2.62. The fraction of sp³-hybridized carbons (Fsp3) is 0.316. The summed E-state index contributed by atoms with van der Waals surface area (Å²) in [6, 6.07) is 7.47. The number of rotatable bonds is 9. The second-order valence-electron chi connectivity index (χ2n) is 6.22. The molecule has 1 amide bonds. The molecule has 1 heterocycles. The van der Waals surface area contributed by atoms with Gasteiger partial charge in [-0.05, 0) is 60.3 Å². The molecule has 0 saturated heterocycles. The van der Waals surface area contributed by atoms with Gasteiger partial charge in [-0.15, -0.1) is 11.8 Å². The Labute approximate surface area is 171 Å². The molecule has 0 aliphatic carbocycles. The zero-order chi connectivity index (χ0) is 19.9. The van der Waals surface area contributed by atoms with E-state index in [9.17, 15) is 4.79 Å². The molecular formula is C19H22BrN3O3S. The molecular weight excluding hydrogens is 430 g/mol. The van der Waals surface area contributed by atoms with E-state index in [1.807, 2.05) is 38.3 Å². The SMILES string of the molecule is C=CCON=CC(C)(C)NC(=O)C(Oc1ccc2ncc(Br)cc2c1)SC. The number of thioether (sulfide) groups is 1. The normalized spacial score (nSPS) is 12.7. The number of carbonyl (C=O) groups excluding carboxylic acids is 1. The second kappa shape index (κ2) is 9.75. The third kappa shape index (κ3) is 6.55. The third-order valence-electron chi connectivity index (χ3n) is 3.38. The minimum Gasteiger partial charge on any atom is -0.470 e. The molecule has 0 aliphatic rings. The number of hydrogen-bond donors (Lipinski definition) is 1. The Morgan fingerprint density at radius 2 is 2.26 bits per heavy atom. The summed E-state index contributed by atoms with van der Waals surface area (Å²) in [5.74, 6) is 0.341. The molecule has 1 atom stereocenters. The fourth-order valence-corrected chi connectivity index (χ4v) is 2.99. The van der Waals surface area contributed by atoms with Gasteiger partial charge >= 0.3 is 0 Å². The first kappa shape index (κ1) is 21.2. The first-order chi connectivity index (χ1) is 12.8. The van der Waals surface area contributed by atoms with Crippen LogP contribution in [0.2, 0.25) is 0 Å². The summed E-state index contributed by atoms with van der Waals surface area (Å²) in [6.45, 7) is 7.50. The summed E-state index contributed by atoms with van der Waals surface area (Å²) >= 11 is 4.71. The average molecular weight is 452 g/mol. The lowest BCUT2D eigenvalue weighted by Gasteiger charge is -2.24. The van der Waals surface area contributed by atoms with Gasteiger partial charge in [0, 0.05) is 16.1 Å². The van der Waals surface area contributed by atoms with E-state index < -0.39 is 11.0 Å². The molecule has 2 aromatic rings. The Hall–Kier alpha value is -2.06. The number of nitrogens with zero attached hydrogens (tertiary/aromatic N) is 2. The van der Waals surface area contributed by atoms with Gasteiger partial charge in [0.25, 0.3) is 5.91 Å². The first-order valence-electron chi connectivity index (χ1n) is 8.19.